The van der Waals surface area contributed by atoms with Crippen LogP contribution in [0, 0.1) is 0 Å². The van der Waals surface area contributed by atoms with Crippen LogP contribution >= 0.6 is 0 Å². The van der Waals surface area contributed by atoms with Gasteiger partial charge in [-0.1, -0.05) is 30.3 Å². The van der Waals surface area contributed by atoms with E-state index in [1.807, 2.05) is 30.3 Å². The second kappa shape index (κ2) is 4.99. The van der Waals surface area contributed by atoms with Gasteiger partial charge in [-0.15, -0.1) is 0 Å². The minimum atomic E-state index is -0.259. The second-order valence-corrected chi connectivity index (χ2v) is 3.91. The van der Waals surface area contributed by atoms with Crippen molar-refractivity contribution in [2.75, 3.05) is 13.1 Å². The molecule has 86 valence electrons. The van der Waals surface area contributed by atoms with Gasteiger partial charge in [-0.3, -0.25) is 0 Å². The van der Waals surface area contributed by atoms with Crippen molar-refractivity contribution in [2.24, 2.45) is 5.73 Å². The summed E-state index contributed by atoms with van der Waals surface area (Å²) in [6, 6.07) is 9.83. The summed E-state index contributed by atoms with van der Waals surface area (Å²) in [7, 11) is 0. The first kappa shape index (κ1) is 11.0. The predicted molar refractivity (Wildman–Crippen MR) is 60.8 cm³/mol. The molecule has 2 N–H and O–H groups in total. The zero-order chi connectivity index (χ0) is 11.4. The van der Waals surface area contributed by atoms with E-state index in [1.165, 1.54) is 0 Å². The number of amides is 1. The molecule has 1 aromatic carbocycles. The van der Waals surface area contributed by atoms with Gasteiger partial charge in [0.25, 0.3) is 0 Å². The molecule has 1 aromatic rings. The lowest BCUT2D eigenvalue weighted by atomic mass is 10.1. The van der Waals surface area contributed by atoms with Gasteiger partial charge in [0.2, 0.25) is 0 Å². The molecule has 1 saturated heterocycles. The number of hydrogen-bond donors (Lipinski definition) is 1. The number of ether oxygens (including phenoxy) is 1. The highest BCUT2D eigenvalue weighted by atomic mass is 16.6. The van der Waals surface area contributed by atoms with E-state index in [0.29, 0.717) is 13.2 Å². The van der Waals surface area contributed by atoms with Crippen molar-refractivity contribution in [2.45, 2.75) is 19.1 Å². The molecule has 1 aliphatic rings. The van der Waals surface area contributed by atoms with Crippen molar-refractivity contribution in [3.05, 3.63) is 35.9 Å². The number of benzene rings is 1. The highest BCUT2D eigenvalue weighted by Crippen LogP contribution is 2.17. The molecule has 0 saturated carbocycles. The summed E-state index contributed by atoms with van der Waals surface area (Å²) >= 11 is 0. The Kier molecular flexibility index (Phi) is 3.41. The smallest absolute Gasteiger partial charge is 0.410 e. The maximum Gasteiger partial charge on any atom is 0.410 e. The minimum absolute atomic E-state index is 0.170. The molecular formula is C12H16N2O2. The Morgan fingerprint density at radius 2 is 2.19 bits per heavy atom. The van der Waals surface area contributed by atoms with Crippen LogP contribution in [0.4, 0.5) is 4.79 Å². The van der Waals surface area contributed by atoms with Crippen LogP contribution in [0.1, 0.15) is 12.0 Å². The van der Waals surface area contributed by atoms with E-state index >= 15 is 0 Å². The Morgan fingerprint density at radius 1 is 1.44 bits per heavy atom. The Balaban J connectivity index is 1.80. The number of rotatable bonds is 3. The van der Waals surface area contributed by atoms with Crippen molar-refractivity contribution < 1.29 is 9.53 Å². The van der Waals surface area contributed by atoms with Crippen LogP contribution in [-0.2, 0) is 11.3 Å². The Labute approximate surface area is 95.0 Å². The zero-order valence-corrected chi connectivity index (χ0v) is 9.13. The van der Waals surface area contributed by atoms with Crippen LogP contribution in [0.25, 0.3) is 0 Å². The largest absolute Gasteiger partial charge is 0.445 e. The van der Waals surface area contributed by atoms with Crippen molar-refractivity contribution in [3.8, 4) is 0 Å². The van der Waals surface area contributed by atoms with E-state index in [1.54, 1.807) is 4.90 Å². The quantitative estimate of drug-likeness (QED) is 0.836. The third-order valence-electron chi connectivity index (χ3n) is 2.86. The van der Waals surface area contributed by atoms with Gasteiger partial charge in [0.1, 0.15) is 6.61 Å². The summed E-state index contributed by atoms with van der Waals surface area (Å²) < 4.78 is 5.20. The van der Waals surface area contributed by atoms with E-state index < -0.39 is 0 Å². The van der Waals surface area contributed by atoms with E-state index in [0.717, 1.165) is 18.5 Å². The van der Waals surface area contributed by atoms with E-state index in [4.69, 9.17) is 10.5 Å². The third-order valence-corrected chi connectivity index (χ3v) is 2.86. The van der Waals surface area contributed by atoms with Crippen molar-refractivity contribution in [3.63, 3.8) is 0 Å². The molecular weight excluding hydrogens is 204 g/mol. The molecule has 0 aromatic heterocycles. The van der Waals surface area contributed by atoms with Crippen LogP contribution in [0.5, 0.6) is 0 Å². The average molecular weight is 220 g/mol. The summed E-state index contributed by atoms with van der Waals surface area (Å²) in [6.45, 7) is 1.60. The highest BCUT2D eigenvalue weighted by Gasteiger charge is 2.31. The molecule has 1 heterocycles. The maximum absolute atomic E-state index is 11.6. The van der Waals surface area contributed by atoms with Crippen LogP contribution < -0.4 is 5.73 Å². The fraction of sp³-hybridized carbons (Fsp3) is 0.417. The Morgan fingerprint density at radius 3 is 2.75 bits per heavy atom. The summed E-state index contributed by atoms with van der Waals surface area (Å²) in [4.78, 5) is 13.3. The average Bonchev–Trinajstić information content (AvgIpc) is 2.27. The second-order valence-electron chi connectivity index (χ2n) is 3.91. The molecule has 1 fully saturated rings. The van der Waals surface area contributed by atoms with Gasteiger partial charge in [0.15, 0.2) is 0 Å². The maximum atomic E-state index is 11.6. The van der Waals surface area contributed by atoms with E-state index in [9.17, 15) is 4.79 Å². The third kappa shape index (κ3) is 2.33. The van der Waals surface area contributed by atoms with Crippen molar-refractivity contribution >= 4 is 6.09 Å². The summed E-state index contributed by atoms with van der Waals surface area (Å²) in [5.41, 5.74) is 6.52. The summed E-state index contributed by atoms with van der Waals surface area (Å²) in [5, 5.41) is 0. The molecule has 2 rings (SSSR count). The van der Waals surface area contributed by atoms with Crippen LogP contribution in [0.15, 0.2) is 30.3 Å². The van der Waals surface area contributed by atoms with Crippen molar-refractivity contribution in [1.82, 2.24) is 4.90 Å². The monoisotopic (exact) mass is 220 g/mol. The summed E-state index contributed by atoms with van der Waals surface area (Å²) in [5.74, 6) is 0. The SMILES string of the molecule is NCC1CCN1C(=O)OCc1ccccc1. The molecule has 16 heavy (non-hydrogen) atoms. The molecule has 1 atom stereocenters. The van der Waals surface area contributed by atoms with Gasteiger partial charge < -0.3 is 15.4 Å². The Hall–Kier alpha value is -1.55. The fourth-order valence-electron chi connectivity index (χ4n) is 1.73. The molecule has 4 heteroatoms. The number of hydrogen-bond acceptors (Lipinski definition) is 3. The van der Waals surface area contributed by atoms with Gasteiger partial charge in [-0.05, 0) is 12.0 Å². The normalized spacial score (nSPS) is 19.1. The van der Waals surface area contributed by atoms with Crippen LogP contribution in [0.3, 0.4) is 0 Å². The van der Waals surface area contributed by atoms with E-state index in [-0.39, 0.29) is 12.1 Å². The summed E-state index contributed by atoms with van der Waals surface area (Å²) in [6.07, 6.45) is 0.724. The van der Waals surface area contributed by atoms with Gasteiger partial charge >= 0.3 is 6.09 Å². The van der Waals surface area contributed by atoms with Crippen LogP contribution in [0.2, 0.25) is 0 Å². The molecule has 0 radical (unpaired) electrons. The number of nitrogens with two attached hydrogens (primary N) is 1. The number of carbonyl (C=O) groups excluding carboxylic acids is 1. The zero-order valence-electron chi connectivity index (χ0n) is 9.13. The van der Waals surface area contributed by atoms with Gasteiger partial charge in [0, 0.05) is 19.1 Å². The Bertz CT molecular complexity index is 351. The van der Waals surface area contributed by atoms with Crippen molar-refractivity contribution in [1.29, 1.82) is 0 Å². The lowest BCUT2D eigenvalue weighted by Gasteiger charge is -2.39. The van der Waals surface area contributed by atoms with Gasteiger partial charge in [0.05, 0.1) is 0 Å². The number of nitrogens with zero attached hydrogens (tertiary/aromatic N) is 1. The fourth-order valence-corrected chi connectivity index (χ4v) is 1.73. The first-order chi connectivity index (χ1) is 7.81. The lowest BCUT2D eigenvalue weighted by molar-refractivity contribution is 0.0465. The topological polar surface area (TPSA) is 55.6 Å². The standard InChI is InChI=1S/C12H16N2O2/c13-8-11-6-7-14(11)12(15)16-9-10-4-2-1-3-5-10/h1-5,11H,6-9,13H2. The first-order valence-corrected chi connectivity index (χ1v) is 5.48. The molecule has 0 aliphatic carbocycles. The van der Waals surface area contributed by atoms with E-state index in [2.05, 4.69) is 0 Å². The highest BCUT2D eigenvalue weighted by molar-refractivity contribution is 5.69. The first-order valence-electron chi connectivity index (χ1n) is 5.48. The minimum Gasteiger partial charge on any atom is -0.445 e. The molecule has 0 spiro atoms. The number of carbonyl (C=O) groups is 1. The molecule has 4 nitrogen and oxygen atoms in total. The van der Waals surface area contributed by atoms with Gasteiger partial charge in [-0.25, -0.2) is 4.79 Å². The lowest BCUT2D eigenvalue weighted by Crippen LogP contribution is -2.54. The molecule has 1 unspecified atom stereocenters. The predicted octanol–water partition coefficient (Wildman–Crippen LogP) is 1.36. The van der Waals surface area contributed by atoms with Crippen LogP contribution in [-0.4, -0.2) is 30.1 Å². The van der Waals surface area contributed by atoms with Gasteiger partial charge in [-0.2, -0.15) is 0 Å². The molecule has 1 amide bonds. The molecule has 1 aliphatic heterocycles. The molecule has 0 bridgehead atoms. The number of likely N-dealkylation sites (tertiary alicyclic amines) is 1.